The van der Waals surface area contributed by atoms with Gasteiger partial charge in [0.2, 0.25) is 11.8 Å². The summed E-state index contributed by atoms with van der Waals surface area (Å²) in [5.74, 6) is -0.745. The van der Waals surface area contributed by atoms with Crippen molar-refractivity contribution in [2.24, 2.45) is 5.41 Å². The summed E-state index contributed by atoms with van der Waals surface area (Å²) in [6.07, 6.45) is 0.0790. The average Bonchev–Trinajstić information content (AvgIpc) is 2.70. The van der Waals surface area contributed by atoms with E-state index < -0.39 is 16.4 Å². The van der Waals surface area contributed by atoms with Gasteiger partial charge in [-0.25, -0.2) is 0 Å². The molecular formula is C18H20N4O5S. The van der Waals surface area contributed by atoms with Gasteiger partial charge >= 0.3 is 0 Å². The summed E-state index contributed by atoms with van der Waals surface area (Å²) in [5, 5.41) is 11.4. The molecule has 1 aromatic rings. The summed E-state index contributed by atoms with van der Waals surface area (Å²) in [7, 11) is 1.57. The molecule has 148 valence electrons. The smallest absolute Gasteiger partial charge is 0.269 e. The first-order chi connectivity index (χ1) is 13.3. The van der Waals surface area contributed by atoms with Gasteiger partial charge in [0, 0.05) is 44.4 Å². The van der Waals surface area contributed by atoms with E-state index in [-0.39, 0.29) is 35.6 Å². The number of nitro groups is 1. The Labute approximate surface area is 167 Å². The van der Waals surface area contributed by atoms with E-state index in [1.54, 1.807) is 20.0 Å². The van der Waals surface area contributed by atoms with Crippen LogP contribution in [0, 0.1) is 15.5 Å². The third-order valence-corrected chi connectivity index (χ3v) is 6.39. The first-order valence-corrected chi connectivity index (χ1v) is 9.49. The predicted octanol–water partition coefficient (Wildman–Crippen LogP) is 0.948. The number of carbonyl (C=O) groups is 2. The highest BCUT2D eigenvalue weighted by molar-refractivity contribution is 7.80. The molecule has 2 amide bonds. The van der Waals surface area contributed by atoms with Gasteiger partial charge in [-0.3, -0.25) is 29.5 Å². The number of hydrogen-bond donors (Lipinski definition) is 0. The van der Waals surface area contributed by atoms with E-state index in [0.29, 0.717) is 25.3 Å². The Morgan fingerprint density at radius 1 is 1.36 bits per heavy atom. The van der Waals surface area contributed by atoms with Gasteiger partial charge in [-0.2, -0.15) is 0 Å². The summed E-state index contributed by atoms with van der Waals surface area (Å²) in [6.45, 7) is 3.33. The minimum Gasteiger partial charge on any atom is -0.377 e. The molecule has 0 saturated carbocycles. The molecule has 1 aromatic carbocycles. The molecule has 4 rings (SSSR count). The number of rotatable bonds is 2. The maximum absolute atomic E-state index is 13.6. The number of benzene rings is 1. The van der Waals surface area contributed by atoms with Gasteiger partial charge in [0.1, 0.15) is 0 Å². The van der Waals surface area contributed by atoms with E-state index in [1.807, 2.05) is 4.90 Å². The zero-order valence-corrected chi connectivity index (χ0v) is 16.4. The van der Waals surface area contributed by atoms with E-state index >= 15 is 0 Å². The van der Waals surface area contributed by atoms with Crippen LogP contribution in [0.4, 0.5) is 11.4 Å². The largest absolute Gasteiger partial charge is 0.377 e. The quantitative estimate of drug-likeness (QED) is 0.313. The minimum atomic E-state index is -1.42. The summed E-state index contributed by atoms with van der Waals surface area (Å²) in [6, 6.07) is 4.12. The second kappa shape index (κ2) is 6.49. The Hall–Kier alpha value is -2.59. The van der Waals surface area contributed by atoms with Crippen molar-refractivity contribution >= 4 is 40.5 Å². The topological polar surface area (TPSA) is 96.2 Å². The second-order valence-electron chi connectivity index (χ2n) is 7.20. The molecule has 2 atom stereocenters. The molecule has 3 heterocycles. The fourth-order valence-corrected chi connectivity index (χ4v) is 4.82. The number of nitrogens with zero attached hydrogens (tertiary/aromatic N) is 4. The number of carbonyl (C=O) groups excluding carboxylic acids is 2. The monoisotopic (exact) mass is 404 g/mol. The molecule has 9 nitrogen and oxygen atoms in total. The fourth-order valence-electron chi connectivity index (χ4n) is 4.53. The zero-order valence-electron chi connectivity index (χ0n) is 15.6. The number of morpholine rings is 1. The van der Waals surface area contributed by atoms with E-state index in [1.165, 1.54) is 21.9 Å². The Morgan fingerprint density at radius 2 is 2.11 bits per heavy atom. The molecule has 2 fully saturated rings. The molecule has 2 unspecified atom stereocenters. The van der Waals surface area contributed by atoms with Crippen LogP contribution in [0.5, 0.6) is 0 Å². The van der Waals surface area contributed by atoms with Gasteiger partial charge < -0.3 is 9.64 Å². The fraction of sp³-hybridized carbons (Fsp3) is 0.500. The lowest BCUT2D eigenvalue weighted by molar-refractivity contribution is -0.384. The Balaban J connectivity index is 1.92. The van der Waals surface area contributed by atoms with Crippen molar-refractivity contribution < 1.29 is 19.2 Å². The van der Waals surface area contributed by atoms with Crippen LogP contribution in [0.25, 0.3) is 0 Å². The summed E-state index contributed by atoms with van der Waals surface area (Å²) in [5.41, 5.74) is -0.0572. The lowest BCUT2D eigenvalue weighted by Gasteiger charge is -2.55. The summed E-state index contributed by atoms with van der Waals surface area (Å²) < 4.78 is 5.65. The first-order valence-electron chi connectivity index (χ1n) is 9.08. The maximum Gasteiger partial charge on any atom is 0.269 e. The van der Waals surface area contributed by atoms with Gasteiger partial charge in [0.25, 0.3) is 5.69 Å². The van der Waals surface area contributed by atoms with Crippen LogP contribution in [0.15, 0.2) is 18.2 Å². The molecule has 2 saturated heterocycles. The molecule has 28 heavy (non-hydrogen) atoms. The van der Waals surface area contributed by atoms with Gasteiger partial charge in [-0.05, 0) is 30.8 Å². The molecule has 0 radical (unpaired) electrons. The normalized spacial score (nSPS) is 27.1. The molecule has 0 bridgehead atoms. The third kappa shape index (κ3) is 2.37. The van der Waals surface area contributed by atoms with Gasteiger partial charge in [0.15, 0.2) is 10.5 Å². The van der Waals surface area contributed by atoms with Crippen molar-refractivity contribution in [2.45, 2.75) is 19.4 Å². The van der Waals surface area contributed by atoms with Crippen LogP contribution in [0.1, 0.15) is 12.5 Å². The predicted molar refractivity (Wildman–Crippen MR) is 104 cm³/mol. The van der Waals surface area contributed by atoms with Gasteiger partial charge in [0.05, 0.1) is 24.2 Å². The zero-order chi connectivity index (χ0) is 20.2. The van der Waals surface area contributed by atoms with Crippen molar-refractivity contribution in [1.29, 1.82) is 0 Å². The summed E-state index contributed by atoms with van der Waals surface area (Å²) in [4.78, 5) is 42.6. The molecule has 0 aliphatic carbocycles. The van der Waals surface area contributed by atoms with Gasteiger partial charge in [-0.1, -0.05) is 0 Å². The number of fused-ring (bicyclic) bond motifs is 4. The molecule has 1 spiro atoms. The minimum absolute atomic E-state index is 0.0625. The SMILES string of the molecule is CCN1C(=O)C2(Cc3cc([N+](=O)[O-])ccc3N3CCOCC32)C(=O)N(C)C1=S. The van der Waals surface area contributed by atoms with Crippen molar-refractivity contribution in [3.05, 3.63) is 33.9 Å². The number of thiocarbonyl (C=S) groups is 1. The third-order valence-electron chi connectivity index (χ3n) is 5.90. The van der Waals surface area contributed by atoms with Crippen LogP contribution >= 0.6 is 12.2 Å². The number of non-ortho nitro benzene ring substituents is 1. The molecular weight excluding hydrogens is 384 g/mol. The Morgan fingerprint density at radius 3 is 2.79 bits per heavy atom. The van der Waals surface area contributed by atoms with Crippen LogP contribution in [0.2, 0.25) is 0 Å². The van der Waals surface area contributed by atoms with Crippen molar-refractivity contribution in [2.75, 3.05) is 38.3 Å². The molecule has 10 heteroatoms. The first kappa shape index (κ1) is 18.8. The van der Waals surface area contributed by atoms with E-state index in [2.05, 4.69) is 0 Å². The lowest BCUT2D eigenvalue weighted by atomic mass is 9.68. The van der Waals surface area contributed by atoms with Crippen LogP contribution in [-0.2, 0) is 20.7 Å². The van der Waals surface area contributed by atoms with Crippen LogP contribution in [0.3, 0.4) is 0 Å². The van der Waals surface area contributed by atoms with E-state index in [9.17, 15) is 19.7 Å². The second-order valence-corrected chi connectivity index (χ2v) is 7.56. The summed E-state index contributed by atoms with van der Waals surface area (Å²) >= 11 is 5.31. The molecule has 0 aromatic heterocycles. The Kier molecular flexibility index (Phi) is 4.35. The molecule has 3 aliphatic heterocycles. The number of anilines is 1. The number of nitro benzene ring substituents is 1. The molecule has 0 N–H and O–H groups in total. The highest BCUT2D eigenvalue weighted by Crippen LogP contribution is 2.47. The standard InChI is InChI=1S/C18H20N4O5S/c1-3-20-16(24)18(15(23)19(2)17(20)28)9-11-8-12(22(25)26)4-5-13(11)21-6-7-27-10-14(18)21/h4-5,8,14H,3,6-7,9-10H2,1-2H3. The van der Waals surface area contributed by atoms with Gasteiger partial charge in [-0.15, -0.1) is 0 Å². The highest BCUT2D eigenvalue weighted by Gasteiger charge is 2.63. The van der Waals surface area contributed by atoms with Crippen LogP contribution in [-0.4, -0.2) is 71.0 Å². The van der Waals surface area contributed by atoms with Crippen molar-refractivity contribution in [1.82, 2.24) is 9.80 Å². The number of hydrogen-bond acceptors (Lipinski definition) is 7. The van der Waals surface area contributed by atoms with Crippen LogP contribution < -0.4 is 4.90 Å². The lowest BCUT2D eigenvalue weighted by Crippen LogP contribution is -2.73. The highest BCUT2D eigenvalue weighted by atomic mass is 32.1. The Bertz CT molecular complexity index is 906. The van der Waals surface area contributed by atoms with E-state index in [0.717, 1.165) is 5.69 Å². The van der Waals surface area contributed by atoms with Crippen molar-refractivity contribution in [3.8, 4) is 0 Å². The van der Waals surface area contributed by atoms with Crippen molar-refractivity contribution in [3.63, 3.8) is 0 Å². The number of ether oxygens (including phenoxy) is 1. The average molecular weight is 404 g/mol. The van der Waals surface area contributed by atoms with E-state index in [4.69, 9.17) is 17.0 Å². The maximum atomic E-state index is 13.6. The number of amides is 2. The molecule has 3 aliphatic rings.